The Morgan fingerprint density at radius 1 is 1.38 bits per heavy atom. The molecule has 1 aliphatic heterocycles. The fourth-order valence-electron chi connectivity index (χ4n) is 1.04. The minimum atomic E-state index is -0.954. The van der Waals surface area contributed by atoms with Crippen LogP contribution in [0, 0.1) is 0 Å². The number of benzene rings is 1. The van der Waals surface area contributed by atoms with Crippen molar-refractivity contribution in [1.82, 2.24) is 0 Å². The van der Waals surface area contributed by atoms with Crippen LogP contribution < -0.4 is 5.73 Å². The van der Waals surface area contributed by atoms with E-state index < -0.39 is 5.97 Å². The molecular weight excluding hydrogens is 226 g/mol. The van der Waals surface area contributed by atoms with Gasteiger partial charge >= 0.3 is 5.97 Å². The van der Waals surface area contributed by atoms with Crippen molar-refractivity contribution in [3.05, 3.63) is 17.7 Å². The van der Waals surface area contributed by atoms with Gasteiger partial charge < -0.3 is 10.8 Å². The molecule has 2 rings (SSSR count). The van der Waals surface area contributed by atoms with E-state index in [0.717, 1.165) is 9.79 Å². The number of fused-ring (bicyclic) bond motifs is 1. The normalized spacial score (nSPS) is 14.2. The van der Waals surface area contributed by atoms with Crippen molar-refractivity contribution in [2.75, 3.05) is 5.73 Å². The number of rotatable bonds is 1. The van der Waals surface area contributed by atoms with E-state index in [1.54, 1.807) is 26.7 Å². The Labute approximate surface area is 86.3 Å². The molecule has 68 valence electrons. The summed E-state index contributed by atoms with van der Waals surface area (Å²) in [5.74, 6) is -0.954. The van der Waals surface area contributed by atoms with Crippen LogP contribution in [0.15, 0.2) is 21.9 Å². The largest absolute Gasteiger partial charge is 0.478 e. The molecule has 6 heteroatoms. The second kappa shape index (κ2) is 3.36. The van der Waals surface area contributed by atoms with Gasteiger partial charge in [-0.15, -0.1) is 0 Å². The highest BCUT2D eigenvalue weighted by atomic mass is 33.5. The molecule has 0 atom stereocenters. The highest BCUT2D eigenvalue weighted by Crippen LogP contribution is 2.57. The monoisotopic (exact) mass is 231 g/mol. The summed E-state index contributed by atoms with van der Waals surface area (Å²) in [6.45, 7) is 0. The van der Waals surface area contributed by atoms with Crippen LogP contribution in [0.3, 0.4) is 0 Å². The highest BCUT2D eigenvalue weighted by Gasteiger charge is 2.23. The molecule has 0 saturated carbocycles. The first-order valence-electron chi connectivity index (χ1n) is 3.37. The zero-order valence-electron chi connectivity index (χ0n) is 6.31. The van der Waals surface area contributed by atoms with E-state index >= 15 is 0 Å². The Bertz CT molecular complexity index is 380. The first kappa shape index (κ1) is 9.11. The molecule has 0 fully saturated rings. The molecule has 3 N–H and O–H groups in total. The smallest absolute Gasteiger partial charge is 0.339 e. The number of nitrogens with two attached hydrogens (primary N) is 1. The van der Waals surface area contributed by atoms with E-state index in [4.69, 9.17) is 10.8 Å². The van der Waals surface area contributed by atoms with Crippen LogP contribution in [0.2, 0.25) is 0 Å². The van der Waals surface area contributed by atoms with Crippen molar-refractivity contribution in [2.24, 2.45) is 0 Å². The van der Waals surface area contributed by atoms with Crippen LogP contribution in [0.4, 0.5) is 5.69 Å². The van der Waals surface area contributed by atoms with Gasteiger partial charge in [-0.3, -0.25) is 0 Å². The number of hydrogen-bond acceptors (Lipinski definition) is 5. The SMILES string of the molecule is Nc1ccc2c(c1C(=O)O)SSS2. The van der Waals surface area contributed by atoms with Gasteiger partial charge in [0.2, 0.25) is 0 Å². The third-order valence-corrected chi connectivity index (χ3v) is 5.66. The van der Waals surface area contributed by atoms with Gasteiger partial charge in [-0.05, 0) is 43.5 Å². The quantitative estimate of drug-likeness (QED) is 0.572. The van der Waals surface area contributed by atoms with Crippen LogP contribution in [0.25, 0.3) is 0 Å². The number of nitrogen functional groups attached to an aromatic ring is 1. The predicted octanol–water partition coefficient (Wildman–Crippen LogP) is 2.73. The van der Waals surface area contributed by atoms with Crippen LogP contribution in [-0.4, -0.2) is 11.1 Å². The fourth-order valence-corrected chi connectivity index (χ4v) is 5.56. The van der Waals surface area contributed by atoms with E-state index in [2.05, 4.69) is 0 Å². The molecule has 1 aliphatic rings. The van der Waals surface area contributed by atoms with E-state index in [1.165, 1.54) is 10.8 Å². The zero-order chi connectivity index (χ0) is 9.42. The molecule has 0 amide bonds. The molecule has 0 bridgehead atoms. The lowest BCUT2D eigenvalue weighted by Gasteiger charge is -2.04. The Hall–Kier alpha value is -0.460. The second-order valence-corrected chi connectivity index (χ2v) is 6.35. The van der Waals surface area contributed by atoms with Gasteiger partial charge in [0.1, 0.15) is 0 Å². The topological polar surface area (TPSA) is 63.3 Å². The number of carbonyl (C=O) groups is 1. The minimum Gasteiger partial charge on any atom is -0.478 e. The van der Waals surface area contributed by atoms with Crippen LogP contribution in [0.1, 0.15) is 10.4 Å². The molecule has 0 aliphatic carbocycles. The van der Waals surface area contributed by atoms with Gasteiger partial charge in [0.15, 0.2) is 0 Å². The summed E-state index contributed by atoms with van der Waals surface area (Å²) < 4.78 is 0. The van der Waals surface area contributed by atoms with Crippen LogP contribution in [0.5, 0.6) is 0 Å². The Morgan fingerprint density at radius 2 is 2.15 bits per heavy atom. The number of hydrogen-bond donors (Lipinski definition) is 2. The second-order valence-electron chi connectivity index (χ2n) is 2.40. The van der Waals surface area contributed by atoms with Gasteiger partial charge in [-0.1, -0.05) is 0 Å². The summed E-state index contributed by atoms with van der Waals surface area (Å²) in [6.07, 6.45) is 0. The maximum absolute atomic E-state index is 10.9. The molecule has 1 heterocycles. The molecule has 0 unspecified atom stereocenters. The van der Waals surface area contributed by atoms with Gasteiger partial charge in [0, 0.05) is 10.6 Å². The number of carboxylic acids is 1. The molecule has 3 nitrogen and oxygen atoms in total. The summed E-state index contributed by atoms with van der Waals surface area (Å²) in [5, 5.41) is 8.92. The molecule has 0 spiro atoms. The van der Waals surface area contributed by atoms with Gasteiger partial charge in [0.25, 0.3) is 0 Å². The highest BCUT2D eigenvalue weighted by molar-refractivity contribution is 9.10. The van der Waals surface area contributed by atoms with E-state index in [0.29, 0.717) is 5.69 Å². The molecule has 1 aromatic rings. The third-order valence-electron chi connectivity index (χ3n) is 1.61. The molecule has 0 saturated heterocycles. The van der Waals surface area contributed by atoms with Crippen molar-refractivity contribution in [1.29, 1.82) is 0 Å². The van der Waals surface area contributed by atoms with Gasteiger partial charge in [-0.2, -0.15) is 0 Å². The Kier molecular flexibility index (Phi) is 2.35. The van der Waals surface area contributed by atoms with Crippen LogP contribution >= 0.6 is 31.4 Å². The number of anilines is 1. The van der Waals surface area contributed by atoms with E-state index in [-0.39, 0.29) is 5.56 Å². The molecule has 13 heavy (non-hydrogen) atoms. The zero-order valence-corrected chi connectivity index (χ0v) is 8.76. The fraction of sp³-hybridized carbons (Fsp3) is 0. The Balaban J connectivity index is 2.65. The van der Waals surface area contributed by atoms with Crippen molar-refractivity contribution >= 4 is 43.1 Å². The lowest BCUT2D eigenvalue weighted by molar-refractivity contribution is 0.0694. The van der Waals surface area contributed by atoms with Gasteiger partial charge in [-0.25, -0.2) is 4.79 Å². The number of carboxylic acid groups (broad SMARTS) is 1. The third kappa shape index (κ3) is 1.49. The first-order valence-corrected chi connectivity index (χ1v) is 6.85. The van der Waals surface area contributed by atoms with Gasteiger partial charge in [0.05, 0.1) is 10.5 Å². The standard InChI is InChI=1S/C7H5NO2S3/c8-3-1-2-4-6(12-13-11-4)5(3)7(9)10/h1-2H,8H2,(H,9,10). The Morgan fingerprint density at radius 3 is 2.85 bits per heavy atom. The lowest BCUT2D eigenvalue weighted by atomic mass is 10.2. The molecule has 0 aromatic heterocycles. The first-order chi connectivity index (χ1) is 6.20. The van der Waals surface area contributed by atoms with Crippen molar-refractivity contribution < 1.29 is 9.90 Å². The molecular formula is C7H5NO2S3. The molecule has 0 radical (unpaired) electrons. The summed E-state index contributed by atoms with van der Waals surface area (Å²) in [7, 11) is 4.58. The van der Waals surface area contributed by atoms with Crippen molar-refractivity contribution in [2.45, 2.75) is 9.79 Å². The minimum absolute atomic E-state index is 0.236. The maximum atomic E-state index is 10.9. The van der Waals surface area contributed by atoms with Crippen molar-refractivity contribution in [3.8, 4) is 0 Å². The van der Waals surface area contributed by atoms with Crippen molar-refractivity contribution in [3.63, 3.8) is 0 Å². The molecule has 1 aromatic carbocycles. The van der Waals surface area contributed by atoms with E-state index in [9.17, 15) is 4.79 Å². The lowest BCUT2D eigenvalue weighted by Crippen LogP contribution is -2.03. The summed E-state index contributed by atoms with van der Waals surface area (Å²) in [4.78, 5) is 12.6. The number of aromatic carboxylic acids is 1. The van der Waals surface area contributed by atoms with Crippen LogP contribution in [-0.2, 0) is 0 Å². The predicted molar refractivity (Wildman–Crippen MR) is 57.1 cm³/mol. The summed E-state index contributed by atoms with van der Waals surface area (Å²) in [5.41, 5.74) is 6.15. The summed E-state index contributed by atoms with van der Waals surface area (Å²) in [6, 6.07) is 3.50. The average Bonchev–Trinajstić information content (AvgIpc) is 2.50. The average molecular weight is 231 g/mol. The van der Waals surface area contributed by atoms with E-state index in [1.807, 2.05) is 6.07 Å². The summed E-state index contributed by atoms with van der Waals surface area (Å²) >= 11 is 0. The maximum Gasteiger partial charge on any atom is 0.339 e.